The van der Waals surface area contributed by atoms with Gasteiger partial charge in [-0.2, -0.15) is 0 Å². The van der Waals surface area contributed by atoms with E-state index in [4.69, 9.17) is 4.74 Å². The first-order valence-corrected chi connectivity index (χ1v) is 8.10. The standard InChI is InChI=1S/C18H25NO2/c1-14(2)11-18-9-6-10-19(18)13-16(12-18)21-17(20)15-7-4-3-5-8-15/h3-5,7-8,14,16H,6,9-13H2,1-2H3/t16-,18+/m0/s1. The van der Waals surface area contributed by atoms with Crippen molar-refractivity contribution in [3.05, 3.63) is 35.9 Å². The van der Waals surface area contributed by atoms with Gasteiger partial charge in [0.15, 0.2) is 0 Å². The molecule has 2 heterocycles. The van der Waals surface area contributed by atoms with Gasteiger partial charge >= 0.3 is 5.97 Å². The fourth-order valence-electron chi connectivity index (χ4n) is 4.19. The van der Waals surface area contributed by atoms with Crippen LogP contribution in [0.2, 0.25) is 0 Å². The van der Waals surface area contributed by atoms with Crippen LogP contribution in [0.1, 0.15) is 49.9 Å². The van der Waals surface area contributed by atoms with E-state index in [0.717, 1.165) is 19.5 Å². The number of fused-ring (bicyclic) bond motifs is 1. The number of esters is 1. The van der Waals surface area contributed by atoms with E-state index in [-0.39, 0.29) is 17.6 Å². The number of carbonyl (C=O) groups is 1. The molecule has 0 amide bonds. The van der Waals surface area contributed by atoms with Crippen LogP contribution in [-0.2, 0) is 4.74 Å². The molecule has 0 spiro atoms. The zero-order chi connectivity index (χ0) is 14.9. The minimum atomic E-state index is -0.179. The number of benzene rings is 1. The van der Waals surface area contributed by atoms with E-state index in [1.807, 2.05) is 30.3 Å². The molecule has 1 aromatic carbocycles. The molecular formula is C18H25NO2. The summed E-state index contributed by atoms with van der Waals surface area (Å²) >= 11 is 0. The molecule has 0 bridgehead atoms. The molecule has 2 atom stereocenters. The van der Waals surface area contributed by atoms with Gasteiger partial charge < -0.3 is 4.74 Å². The van der Waals surface area contributed by atoms with Crippen molar-refractivity contribution in [2.45, 2.75) is 51.2 Å². The Hall–Kier alpha value is -1.35. The Kier molecular flexibility index (Phi) is 4.03. The topological polar surface area (TPSA) is 29.5 Å². The maximum Gasteiger partial charge on any atom is 0.338 e. The molecule has 0 N–H and O–H groups in total. The summed E-state index contributed by atoms with van der Waals surface area (Å²) in [7, 11) is 0. The monoisotopic (exact) mass is 287 g/mol. The molecule has 3 heteroatoms. The lowest BCUT2D eigenvalue weighted by atomic mass is 9.85. The quantitative estimate of drug-likeness (QED) is 0.794. The largest absolute Gasteiger partial charge is 0.457 e. The predicted octanol–water partition coefficient (Wildman–Crippen LogP) is 3.50. The van der Waals surface area contributed by atoms with Crippen molar-refractivity contribution in [2.75, 3.05) is 13.1 Å². The van der Waals surface area contributed by atoms with E-state index in [9.17, 15) is 4.79 Å². The Morgan fingerprint density at radius 1 is 1.38 bits per heavy atom. The molecule has 2 aliphatic rings. The molecule has 0 aromatic heterocycles. The van der Waals surface area contributed by atoms with Gasteiger partial charge in [0.1, 0.15) is 6.10 Å². The lowest BCUT2D eigenvalue weighted by molar-refractivity contribution is 0.0316. The maximum atomic E-state index is 12.2. The lowest BCUT2D eigenvalue weighted by Crippen LogP contribution is -2.39. The number of nitrogens with zero attached hydrogens (tertiary/aromatic N) is 1. The van der Waals surface area contributed by atoms with Gasteiger partial charge in [-0.15, -0.1) is 0 Å². The van der Waals surface area contributed by atoms with Crippen molar-refractivity contribution < 1.29 is 9.53 Å². The van der Waals surface area contributed by atoms with Crippen LogP contribution in [0.3, 0.4) is 0 Å². The van der Waals surface area contributed by atoms with Crippen molar-refractivity contribution in [2.24, 2.45) is 5.92 Å². The van der Waals surface area contributed by atoms with Crippen LogP contribution in [0.15, 0.2) is 30.3 Å². The van der Waals surface area contributed by atoms with Gasteiger partial charge in [-0.05, 0) is 43.9 Å². The lowest BCUT2D eigenvalue weighted by Gasteiger charge is -2.33. The van der Waals surface area contributed by atoms with Gasteiger partial charge in [0.05, 0.1) is 5.56 Å². The van der Waals surface area contributed by atoms with Gasteiger partial charge in [-0.3, -0.25) is 4.90 Å². The van der Waals surface area contributed by atoms with E-state index in [2.05, 4.69) is 18.7 Å². The number of ether oxygens (including phenoxy) is 1. The van der Waals surface area contributed by atoms with Gasteiger partial charge in [-0.25, -0.2) is 4.79 Å². The van der Waals surface area contributed by atoms with Gasteiger partial charge in [-0.1, -0.05) is 32.0 Å². The average molecular weight is 287 g/mol. The molecule has 114 valence electrons. The minimum absolute atomic E-state index is 0.0526. The fourth-order valence-corrected chi connectivity index (χ4v) is 4.19. The summed E-state index contributed by atoms with van der Waals surface area (Å²) in [4.78, 5) is 14.8. The molecule has 21 heavy (non-hydrogen) atoms. The van der Waals surface area contributed by atoms with Crippen LogP contribution in [0.25, 0.3) is 0 Å². The fraction of sp³-hybridized carbons (Fsp3) is 0.611. The third-order valence-corrected chi connectivity index (χ3v) is 4.84. The predicted molar refractivity (Wildman–Crippen MR) is 83.3 cm³/mol. The second kappa shape index (κ2) is 5.80. The molecule has 0 radical (unpaired) electrons. The summed E-state index contributed by atoms with van der Waals surface area (Å²) in [6, 6.07) is 9.32. The van der Waals surface area contributed by atoms with Crippen LogP contribution in [0.5, 0.6) is 0 Å². The second-order valence-corrected chi connectivity index (χ2v) is 6.97. The highest BCUT2D eigenvalue weighted by Crippen LogP contribution is 2.44. The van der Waals surface area contributed by atoms with E-state index in [1.54, 1.807) is 0 Å². The first kappa shape index (κ1) is 14.6. The van der Waals surface area contributed by atoms with E-state index in [1.165, 1.54) is 19.3 Å². The first-order valence-electron chi connectivity index (χ1n) is 8.10. The molecule has 3 rings (SSSR count). The normalized spacial score (nSPS) is 28.8. The Bertz CT molecular complexity index is 499. The van der Waals surface area contributed by atoms with Crippen LogP contribution < -0.4 is 0 Å². The van der Waals surface area contributed by atoms with Crippen molar-refractivity contribution in [1.82, 2.24) is 4.90 Å². The number of hydrogen-bond acceptors (Lipinski definition) is 3. The third kappa shape index (κ3) is 2.98. The molecular weight excluding hydrogens is 262 g/mol. The van der Waals surface area contributed by atoms with E-state index >= 15 is 0 Å². The van der Waals surface area contributed by atoms with Crippen LogP contribution in [-0.4, -0.2) is 35.6 Å². The van der Waals surface area contributed by atoms with E-state index < -0.39 is 0 Å². The minimum Gasteiger partial charge on any atom is -0.457 e. The Morgan fingerprint density at radius 2 is 2.14 bits per heavy atom. The summed E-state index contributed by atoms with van der Waals surface area (Å²) < 4.78 is 5.76. The molecule has 1 aromatic rings. The van der Waals surface area contributed by atoms with Gasteiger partial charge in [0.2, 0.25) is 0 Å². The first-order chi connectivity index (χ1) is 10.1. The van der Waals surface area contributed by atoms with Gasteiger partial charge in [0.25, 0.3) is 0 Å². The van der Waals surface area contributed by atoms with Gasteiger partial charge in [0, 0.05) is 18.5 Å². The zero-order valence-corrected chi connectivity index (χ0v) is 13.0. The van der Waals surface area contributed by atoms with Crippen molar-refractivity contribution in [3.63, 3.8) is 0 Å². The molecule has 2 aliphatic heterocycles. The van der Waals surface area contributed by atoms with Crippen molar-refractivity contribution in [3.8, 4) is 0 Å². The molecule has 0 saturated carbocycles. The average Bonchev–Trinajstić information content (AvgIpc) is 2.94. The van der Waals surface area contributed by atoms with E-state index in [0.29, 0.717) is 11.5 Å². The molecule has 0 unspecified atom stereocenters. The summed E-state index contributed by atoms with van der Waals surface area (Å²) in [5.41, 5.74) is 0.943. The van der Waals surface area contributed by atoms with Crippen LogP contribution in [0, 0.1) is 5.92 Å². The van der Waals surface area contributed by atoms with Crippen molar-refractivity contribution >= 4 is 5.97 Å². The number of rotatable bonds is 4. The molecule has 0 aliphatic carbocycles. The summed E-state index contributed by atoms with van der Waals surface area (Å²) in [6.45, 7) is 6.64. The maximum absolute atomic E-state index is 12.2. The Labute approximate surface area is 127 Å². The third-order valence-electron chi connectivity index (χ3n) is 4.84. The van der Waals surface area contributed by atoms with Crippen LogP contribution >= 0.6 is 0 Å². The SMILES string of the molecule is CC(C)C[C@@]12CCCN1C[C@@H](OC(=O)c1ccccc1)C2. The highest BCUT2D eigenvalue weighted by molar-refractivity contribution is 5.89. The Morgan fingerprint density at radius 3 is 2.86 bits per heavy atom. The Balaban J connectivity index is 1.65. The second-order valence-electron chi connectivity index (χ2n) is 6.97. The smallest absolute Gasteiger partial charge is 0.338 e. The summed E-state index contributed by atoms with van der Waals surface area (Å²) in [6.07, 6.45) is 4.81. The van der Waals surface area contributed by atoms with Crippen molar-refractivity contribution in [1.29, 1.82) is 0 Å². The highest BCUT2D eigenvalue weighted by atomic mass is 16.5. The number of hydrogen-bond donors (Lipinski definition) is 0. The number of carbonyl (C=O) groups excluding carboxylic acids is 1. The van der Waals surface area contributed by atoms with Crippen LogP contribution in [0.4, 0.5) is 0 Å². The molecule has 2 saturated heterocycles. The highest BCUT2D eigenvalue weighted by Gasteiger charge is 2.49. The summed E-state index contributed by atoms with van der Waals surface area (Å²) in [5, 5.41) is 0. The molecule has 2 fully saturated rings. The molecule has 3 nitrogen and oxygen atoms in total. The summed E-state index contributed by atoms with van der Waals surface area (Å²) in [5.74, 6) is 0.510. The zero-order valence-electron chi connectivity index (χ0n) is 13.0.